The van der Waals surface area contributed by atoms with E-state index in [1.807, 2.05) is 0 Å². The first-order chi connectivity index (χ1) is 15.6. The first kappa shape index (κ1) is 23.2. The van der Waals surface area contributed by atoms with Gasteiger partial charge in [0.2, 0.25) is 5.91 Å². The quantitative estimate of drug-likeness (QED) is 0.659. The van der Waals surface area contributed by atoms with Gasteiger partial charge in [-0.15, -0.1) is 0 Å². The van der Waals surface area contributed by atoms with Gasteiger partial charge in [0.15, 0.2) is 0 Å². The summed E-state index contributed by atoms with van der Waals surface area (Å²) < 4.78 is 5.13. The Hall–Kier alpha value is -1.92. The minimum Gasteiger partial charge on any atom is -0.468 e. The second-order valence-electron chi connectivity index (χ2n) is 9.82. The van der Waals surface area contributed by atoms with Gasteiger partial charge in [0.25, 0.3) is 0 Å². The Morgan fingerprint density at radius 2 is 1.75 bits per heavy atom. The zero-order valence-corrected chi connectivity index (χ0v) is 19.5. The smallest absolute Gasteiger partial charge is 0.323 e. The van der Waals surface area contributed by atoms with Crippen LogP contribution in [0.3, 0.4) is 0 Å². The lowest BCUT2D eigenvalue weighted by molar-refractivity contribution is -0.147. The van der Waals surface area contributed by atoms with Crippen LogP contribution in [-0.2, 0) is 20.7 Å². The zero-order valence-electron chi connectivity index (χ0n) is 19.5. The number of likely N-dealkylation sites (tertiary alicyclic amines) is 2. The van der Waals surface area contributed by atoms with Crippen LogP contribution in [0, 0.1) is 5.92 Å². The molecule has 1 aromatic rings. The maximum atomic E-state index is 12.8. The SMILES string of the molecule is COC(=O)[C@@H]1C[C@H](NC(=O)C2CCCCC2)CN1C1CCN(CCc2ccccc2)CC1. The molecule has 4 rings (SSSR count). The standard InChI is InChI=1S/C26H39N3O3/c1-32-26(31)24-18-22(27-25(30)21-10-6-3-7-11-21)19-29(24)23-13-16-28(17-14-23)15-12-20-8-4-2-5-9-20/h2,4-5,8-9,21-24H,3,6-7,10-19H2,1H3,(H,27,30)/t22-,24-/m0/s1. The number of nitrogens with zero attached hydrogens (tertiary/aromatic N) is 2. The number of carbonyl (C=O) groups excluding carboxylic acids is 2. The van der Waals surface area contributed by atoms with Crippen molar-refractivity contribution in [1.29, 1.82) is 0 Å². The third-order valence-electron chi connectivity index (χ3n) is 7.72. The van der Waals surface area contributed by atoms with Crippen molar-refractivity contribution in [3.8, 4) is 0 Å². The predicted molar refractivity (Wildman–Crippen MR) is 125 cm³/mol. The molecule has 1 N–H and O–H groups in total. The maximum Gasteiger partial charge on any atom is 0.323 e. The first-order valence-corrected chi connectivity index (χ1v) is 12.5. The molecule has 1 aliphatic carbocycles. The van der Waals surface area contributed by atoms with Crippen LogP contribution in [0.1, 0.15) is 56.9 Å². The minimum atomic E-state index is -0.238. The number of methoxy groups -OCH3 is 1. The van der Waals surface area contributed by atoms with Crippen molar-refractivity contribution in [2.75, 3.05) is 33.3 Å². The number of esters is 1. The highest BCUT2D eigenvalue weighted by Gasteiger charge is 2.42. The van der Waals surface area contributed by atoms with Crippen molar-refractivity contribution in [1.82, 2.24) is 15.1 Å². The molecular weight excluding hydrogens is 402 g/mol. The molecule has 6 heteroatoms. The molecule has 0 spiro atoms. The largest absolute Gasteiger partial charge is 0.468 e. The Kier molecular flexibility index (Phi) is 8.20. The Morgan fingerprint density at radius 3 is 2.44 bits per heavy atom. The summed E-state index contributed by atoms with van der Waals surface area (Å²) in [6.45, 7) is 3.95. The second kappa shape index (κ2) is 11.3. The number of hydrogen-bond acceptors (Lipinski definition) is 5. The Labute approximate surface area is 192 Å². The van der Waals surface area contributed by atoms with E-state index in [4.69, 9.17) is 4.74 Å². The van der Waals surface area contributed by atoms with Crippen molar-refractivity contribution in [3.05, 3.63) is 35.9 Å². The number of benzene rings is 1. The lowest BCUT2D eigenvalue weighted by atomic mass is 9.88. The van der Waals surface area contributed by atoms with Gasteiger partial charge in [-0.1, -0.05) is 49.6 Å². The van der Waals surface area contributed by atoms with Crippen LogP contribution in [0.15, 0.2) is 30.3 Å². The van der Waals surface area contributed by atoms with E-state index in [0.717, 1.165) is 71.1 Å². The fourth-order valence-corrected chi connectivity index (χ4v) is 5.83. The van der Waals surface area contributed by atoms with E-state index in [2.05, 4.69) is 45.4 Å². The summed E-state index contributed by atoms with van der Waals surface area (Å²) in [6, 6.07) is 10.8. The molecule has 32 heavy (non-hydrogen) atoms. The molecule has 0 unspecified atom stereocenters. The van der Waals surface area contributed by atoms with Crippen LogP contribution in [0.4, 0.5) is 0 Å². The summed E-state index contributed by atoms with van der Waals surface area (Å²) in [5, 5.41) is 3.28. The average molecular weight is 442 g/mol. The Morgan fingerprint density at radius 1 is 1.03 bits per heavy atom. The maximum absolute atomic E-state index is 12.8. The van der Waals surface area contributed by atoms with E-state index in [1.54, 1.807) is 0 Å². The number of hydrogen-bond donors (Lipinski definition) is 1. The molecule has 6 nitrogen and oxygen atoms in total. The van der Waals surface area contributed by atoms with E-state index in [-0.39, 0.29) is 29.9 Å². The summed E-state index contributed by atoms with van der Waals surface area (Å²) in [4.78, 5) is 30.2. The molecule has 1 aromatic carbocycles. The highest BCUT2D eigenvalue weighted by molar-refractivity contribution is 5.80. The van der Waals surface area contributed by atoms with Crippen LogP contribution in [0.25, 0.3) is 0 Å². The molecule has 2 aliphatic heterocycles. The molecule has 0 aromatic heterocycles. The summed E-state index contributed by atoms with van der Waals surface area (Å²) in [5.41, 5.74) is 1.39. The van der Waals surface area contributed by atoms with Crippen molar-refractivity contribution in [2.45, 2.75) is 75.9 Å². The highest BCUT2D eigenvalue weighted by atomic mass is 16.5. The molecular formula is C26H39N3O3. The number of ether oxygens (including phenoxy) is 1. The molecule has 2 atom stereocenters. The van der Waals surface area contributed by atoms with Gasteiger partial charge >= 0.3 is 5.97 Å². The number of carbonyl (C=O) groups is 2. The van der Waals surface area contributed by atoms with Crippen molar-refractivity contribution >= 4 is 11.9 Å². The summed E-state index contributed by atoms with van der Waals surface area (Å²) in [6.07, 6.45) is 9.43. The van der Waals surface area contributed by atoms with E-state index < -0.39 is 0 Å². The van der Waals surface area contributed by atoms with E-state index in [9.17, 15) is 9.59 Å². The Bertz CT molecular complexity index is 742. The molecule has 1 saturated carbocycles. The second-order valence-corrected chi connectivity index (χ2v) is 9.82. The van der Waals surface area contributed by atoms with Gasteiger partial charge < -0.3 is 15.0 Å². The van der Waals surface area contributed by atoms with Gasteiger partial charge in [0.1, 0.15) is 6.04 Å². The summed E-state index contributed by atoms with van der Waals surface area (Å²) >= 11 is 0. The molecule has 176 valence electrons. The van der Waals surface area contributed by atoms with Gasteiger partial charge in [-0.3, -0.25) is 14.5 Å². The lowest BCUT2D eigenvalue weighted by Crippen LogP contribution is -2.50. The van der Waals surface area contributed by atoms with Crippen molar-refractivity contribution in [3.63, 3.8) is 0 Å². The highest BCUT2D eigenvalue weighted by Crippen LogP contribution is 2.29. The monoisotopic (exact) mass is 441 g/mol. The van der Waals surface area contributed by atoms with Crippen LogP contribution in [0.5, 0.6) is 0 Å². The van der Waals surface area contributed by atoms with Gasteiger partial charge in [0.05, 0.1) is 7.11 Å². The summed E-state index contributed by atoms with van der Waals surface area (Å²) in [7, 11) is 1.47. The molecule has 2 heterocycles. The Balaban J connectivity index is 1.29. The van der Waals surface area contributed by atoms with E-state index in [1.165, 1.54) is 19.1 Å². The van der Waals surface area contributed by atoms with Crippen LogP contribution < -0.4 is 5.32 Å². The molecule has 0 bridgehead atoms. The summed E-state index contributed by atoms with van der Waals surface area (Å²) in [5.74, 6) is 0.184. The van der Waals surface area contributed by atoms with Crippen molar-refractivity contribution in [2.24, 2.45) is 5.92 Å². The van der Waals surface area contributed by atoms with Gasteiger partial charge in [-0.25, -0.2) is 0 Å². The predicted octanol–water partition coefficient (Wildman–Crippen LogP) is 3.01. The van der Waals surface area contributed by atoms with Crippen molar-refractivity contribution < 1.29 is 14.3 Å². The first-order valence-electron chi connectivity index (χ1n) is 12.5. The van der Waals surface area contributed by atoms with Crippen LogP contribution in [-0.4, -0.2) is 73.1 Å². The fourth-order valence-electron chi connectivity index (χ4n) is 5.83. The molecule has 0 radical (unpaired) electrons. The topological polar surface area (TPSA) is 61.9 Å². The van der Waals surface area contributed by atoms with Gasteiger partial charge in [-0.05, 0) is 57.2 Å². The molecule has 3 aliphatic rings. The van der Waals surface area contributed by atoms with Gasteiger partial charge in [-0.2, -0.15) is 0 Å². The average Bonchev–Trinajstić information content (AvgIpc) is 3.27. The number of piperidine rings is 1. The number of nitrogens with one attached hydrogen (secondary N) is 1. The minimum absolute atomic E-state index is 0.0460. The molecule has 1 amide bonds. The fraction of sp³-hybridized carbons (Fsp3) is 0.692. The molecule has 3 fully saturated rings. The number of rotatable bonds is 7. The third-order valence-corrected chi connectivity index (χ3v) is 7.72. The molecule has 2 saturated heterocycles. The number of amides is 1. The lowest BCUT2D eigenvalue weighted by Gasteiger charge is -2.38. The van der Waals surface area contributed by atoms with Crippen LogP contribution >= 0.6 is 0 Å². The third kappa shape index (κ3) is 5.90. The normalized spacial score (nSPS) is 26.2. The van der Waals surface area contributed by atoms with Gasteiger partial charge in [0, 0.05) is 31.1 Å². The van der Waals surface area contributed by atoms with E-state index >= 15 is 0 Å². The van der Waals surface area contributed by atoms with E-state index in [0.29, 0.717) is 12.5 Å². The van der Waals surface area contributed by atoms with Crippen LogP contribution in [0.2, 0.25) is 0 Å². The zero-order chi connectivity index (χ0) is 22.3.